The number of carboxylic acid groups (broad SMARTS) is 1. The number of nitrogens with zero attached hydrogens (tertiary/aromatic N) is 1. The van der Waals surface area contributed by atoms with Crippen LogP contribution in [0.15, 0.2) is 0 Å². The number of amides is 1. The predicted molar refractivity (Wildman–Crippen MR) is 79.5 cm³/mol. The zero-order chi connectivity index (χ0) is 15.6. The Hall–Kier alpha value is -1.06. The molecule has 1 N–H and O–H groups in total. The molecule has 1 saturated carbocycles. The van der Waals surface area contributed by atoms with Gasteiger partial charge in [-0.15, -0.1) is 0 Å². The maximum absolute atomic E-state index is 13.0. The molecule has 0 atom stereocenters. The Bertz CT molecular complexity index is 362. The van der Waals surface area contributed by atoms with Gasteiger partial charge in [-0.3, -0.25) is 9.59 Å². The Labute approximate surface area is 122 Å². The second-order valence-electron chi connectivity index (χ2n) is 7.54. The van der Waals surface area contributed by atoms with E-state index in [9.17, 15) is 9.59 Å². The molecule has 4 nitrogen and oxygen atoms in total. The Morgan fingerprint density at radius 3 is 2.05 bits per heavy atom. The minimum atomic E-state index is -0.939. The summed E-state index contributed by atoms with van der Waals surface area (Å²) in [6.45, 7) is 9.78. The highest BCUT2D eigenvalue weighted by Gasteiger charge is 2.46. The van der Waals surface area contributed by atoms with Gasteiger partial charge in [-0.1, -0.05) is 26.7 Å². The van der Waals surface area contributed by atoms with Crippen LogP contribution in [0.25, 0.3) is 0 Å². The zero-order valence-electron chi connectivity index (χ0n) is 13.5. The van der Waals surface area contributed by atoms with Gasteiger partial charge < -0.3 is 10.0 Å². The van der Waals surface area contributed by atoms with E-state index in [1.807, 2.05) is 20.8 Å². The summed E-state index contributed by atoms with van der Waals surface area (Å²) in [4.78, 5) is 25.7. The van der Waals surface area contributed by atoms with Gasteiger partial charge in [-0.25, -0.2) is 0 Å². The highest BCUT2D eigenvalue weighted by molar-refractivity contribution is 5.87. The van der Waals surface area contributed by atoms with Crippen LogP contribution in [-0.2, 0) is 9.59 Å². The lowest BCUT2D eigenvalue weighted by Crippen LogP contribution is -2.53. The molecule has 4 heteroatoms. The summed E-state index contributed by atoms with van der Waals surface area (Å²) in [7, 11) is 0. The van der Waals surface area contributed by atoms with Gasteiger partial charge in [0, 0.05) is 11.0 Å². The molecule has 1 aliphatic carbocycles. The number of aliphatic carboxylic acids is 1. The number of carboxylic acids is 1. The van der Waals surface area contributed by atoms with Gasteiger partial charge in [-0.2, -0.15) is 0 Å². The van der Waals surface area contributed by atoms with Crippen molar-refractivity contribution in [1.82, 2.24) is 4.90 Å². The van der Waals surface area contributed by atoms with Gasteiger partial charge in [0.25, 0.3) is 0 Å². The number of hydrogen-bond donors (Lipinski definition) is 1. The Morgan fingerprint density at radius 1 is 1.20 bits per heavy atom. The van der Waals surface area contributed by atoms with E-state index in [1.165, 1.54) is 0 Å². The lowest BCUT2D eigenvalue weighted by molar-refractivity contribution is -0.155. The average molecular weight is 283 g/mol. The summed E-state index contributed by atoms with van der Waals surface area (Å²) >= 11 is 0. The summed E-state index contributed by atoms with van der Waals surface area (Å²) in [6.07, 6.45) is 4.80. The smallest absolute Gasteiger partial charge is 0.323 e. The van der Waals surface area contributed by atoms with Crippen molar-refractivity contribution in [2.45, 2.75) is 72.3 Å². The van der Waals surface area contributed by atoms with Crippen LogP contribution in [0.3, 0.4) is 0 Å². The van der Waals surface area contributed by atoms with E-state index >= 15 is 0 Å². The second-order valence-corrected chi connectivity index (χ2v) is 7.54. The third-order valence-electron chi connectivity index (χ3n) is 4.16. The number of carbonyl (C=O) groups excluding carboxylic acids is 1. The normalized spacial score (nSPS) is 18.3. The summed E-state index contributed by atoms with van der Waals surface area (Å²) in [6, 6.07) is 0. The van der Waals surface area contributed by atoms with Crippen LogP contribution < -0.4 is 0 Å². The van der Waals surface area contributed by atoms with E-state index in [-0.39, 0.29) is 17.9 Å². The molecule has 116 valence electrons. The second kappa shape index (κ2) is 6.15. The van der Waals surface area contributed by atoms with Crippen LogP contribution in [0.1, 0.15) is 66.7 Å². The van der Waals surface area contributed by atoms with E-state index in [1.54, 1.807) is 4.90 Å². The minimum Gasteiger partial charge on any atom is -0.480 e. The minimum absolute atomic E-state index is 0.0404. The molecule has 0 aromatic carbocycles. The van der Waals surface area contributed by atoms with Crippen molar-refractivity contribution in [2.24, 2.45) is 11.3 Å². The van der Waals surface area contributed by atoms with Crippen molar-refractivity contribution in [2.75, 3.05) is 6.54 Å². The van der Waals surface area contributed by atoms with Gasteiger partial charge in [0.1, 0.15) is 6.54 Å². The maximum atomic E-state index is 13.0. The number of rotatable bonds is 5. The fraction of sp³-hybridized carbons (Fsp3) is 0.875. The number of hydrogen-bond acceptors (Lipinski definition) is 2. The molecule has 0 spiro atoms. The first-order valence-electron chi connectivity index (χ1n) is 7.62. The molecule has 1 fully saturated rings. The molecule has 0 aliphatic heterocycles. The maximum Gasteiger partial charge on any atom is 0.323 e. The molecular weight excluding hydrogens is 254 g/mol. The molecule has 1 aliphatic rings. The Morgan fingerprint density at radius 2 is 1.70 bits per heavy atom. The van der Waals surface area contributed by atoms with E-state index in [2.05, 4.69) is 13.8 Å². The monoisotopic (exact) mass is 283 g/mol. The van der Waals surface area contributed by atoms with Crippen molar-refractivity contribution >= 4 is 11.9 Å². The predicted octanol–water partition coefficient (Wildman–Crippen LogP) is 3.30. The van der Waals surface area contributed by atoms with Gasteiger partial charge in [0.05, 0.1) is 0 Å². The lowest BCUT2D eigenvalue weighted by Gasteiger charge is -2.41. The topological polar surface area (TPSA) is 57.6 Å². The fourth-order valence-electron chi connectivity index (χ4n) is 3.37. The highest BCUT2D eigenvalue weighted by Crippen LogP contribution is 2.45. The van der Waals surface area contributed by atoms with E-state index < -0.39 is 11.5 Å². The highest BCUT2D eigenvalue weighted by atomic mass is 16.4. The van der Waals surface area contributed by atoms with Crippen LogP contribution >= 0.6 is 0 Å². The zero-order valence-corrected chi connectivity index (χ0v) is 13.5. The van der Waals surface area contributed by atoms with Gasteiger partial charge in [-0.05, 0) is 46.0 Å². The Balaban J connectivity index is 3.04. The van der Waals surface area contributed by atoms with Gasteiger partial charge in [0.2, 0.25) is 5.91 Å². The SMILES string of the molecule is CC(C)CC1(C(=O)N(CC(=O)O)C(C)(C)C)CCCC1. The van der Waals surface area contributed by atoms with Crippen molar-refractivity contribution in [3.05, 3.63) is 0 Å². The van der Waals surface area contributed by atoms with Gasteiger partial charge >= 0.3 is 5.97 Å². The summed E-state index contributed by atoms with van der Waals surface area (Å²) in [5, 5.41) is 9.11. The average Bonchev–Trinajstić information content (AvgIpc) is 2.72. The first-order chi connectivity index (χ1) is 9.08. The first kappa shape index (κ1) is 17.0. The van der Waals surface area contributed by atoms with Crippen LogP contribution in [0.5, 0.6) is 0 Å². The molecule has 0 unspecified atom stereocenters. The van der Waals surface area contributed by atoms with Crippen molar-refractivity contribution in [1.29, 1.82) is 0 Å². The van der Waals surface area contributed by atoms with E-state index in [4.69, 9.17) is 5.11 Å². The summed E-state index contributed by atoms with van der Waals surface area (Å²) in [5.74, 6) is -0.451. The van der Waals surface area contributed by atoms with Crippen molar-refractivity contribution in [3.63, 3.8) is 0 Å². The molecule has 0 saturated heterocycles. The molecule has 1 rings (SSSR count). The third-order valence-corrected chi connectivity index (χ3v) is 4.16. The van der Waals surface area contributed by atoms with E-state index in [0.29, 0.717) is 5.92 Å². The van der Waals surface area contributed by atoms with Crippen LogP contribution in [0.2, 0.25) is 0 Å². The third kappa shape index (κ3) is 3.97. The molecule has 0 aromatic heterocycles. The van der Waals surface area contributed by atoms with Crippen molar-refractivity contribution < 1.29 is 14.7 Å². The van der Waals surface area contributed by atoms with Crippen LogP contribution in [0, 0.1) is 11.3 Å². The lowest BCUT2D eigenvalue weighted by atomic mass is 9.76. The van der Waals surface area contributed by atoms with E-state index in [0.717, 1.165) is 32.1 Å². The van der Waals surface area contributed by atoms with Crippen LogP contribution in [-0.4, -0.2) is 34.0 Å². The molecule has 20 heavy (non-hydrogen) atoms. The Kier molecular flexibility index (Phi) is 5.22. The quantitative estimate of drug-likeness (QED) is 0.842. The largest absolute Gasteiger partial charge is 0.480 e. The summed E-state index contributed by atoms with van der Waals surface area (Å²) in [5.41, 5.74) is -0.793. The standard InChI is InChI=1S/C16H29NO3/c1-12(2)10-16(8-6-7-9-16)14(20)17(11-13(18)19)15(3,4)5/h12H,6-11H2,1-5H3,(H,18,19). The fourth-order valence-corrected chi connectivity index (χ4v) is 3.37. The molecule has 0 aromatic rings. The number of carbonyl (C=O) groups is 2. The first-order valence-corrected chi connectivity index (χ1v) is 7.62. The molecule has 0 bridgehead atoms. The molecule has 0 heterocycles. The summed E-state index contributed by atoms with van der Waals surface area (Å²) < 4.78 is 0. The van der Waals surface area contributed by atoms with Gasteiger partial charge in [0.15, 0.2) is 0 Å². The molecular formula is C16H29NO3. The van der Waals surface area contributed by atoms with Crippen molar-refractivity contribution in [3.8, 4) is 0 Å². The molecule has 1 amide bonds. The molecule has 0 radical (unpaired) electrons. The van der Waals surface area contributed by atoms with Crippen LogP contribution in [0.4, 0.5) is 0 Å².